The second-order valence-corrected chi connectivity index (χ2v) is 4.48. The summed E-state index contributed by atoms with van der Waals surface area (Å²) in [5.74, 6) is -2.25. The van der Waals surface area contributed by atoms with Crippen LogP contribution in [0.4, 0.5) is 17.6 Å². The molecule has 2 rings (SSSR count). The Balaban J connectivity index is 2.45. The van der Waals surface area contributed by atoms with E-state index in [-0.39, 0.29) is 5.56 Å². The minimum absolute atomic E-state index is 0.219. The van der Waals surface area contributed by atoms with E-state index in [1.54, 1.807) is 0 Å². The van der Waals surface area contributed by atoms with Crippen molar-refractivity contribution >= 4 is 12.0 Å². The van der Waals surface area contributed by atoms with Crippen LogP contribution in [-0.4, -0.2) is 17.4 Å². The van der Waals surface area contributed by atoms with Crippen LogP contribution in [0.3, 0.4) is 0 Å². The number of rotatable bonds is 4. The van der Waals surface area contributed by atoms with E-state index in [1.165, 1.54) is 18.2 Å². The van der Waals surface area contributed by atoms with Crippen molar-refractivity contribution in [1.82, 2.24) is 0 Å². The Morgan fingerprint density at radius 1 is 1.13 bits per heavy atom. The van der Waals surface area contributed by atoms with Gasteiger partial charge in [-0.15, -0.1) is 13.2 Å². The highest BCUT2D eigenvalue weighted by Crippen LogP contribution is 2.30. The lowest BCUT2D eigenvalue weighted by Gasteiger charge is -2.11. The van der Waals surface area contributed by atoms with Gasteiger partial charge in [-0.05, 0) is 47.0 Å². The standard InChI is InChI=1S/C16H10F4O3/c17-12-5-6-14(11(8-12)4-7-15(21)22)10-2-1-3-13(9-10)23-16(18,19)20/h1-9H,(H,21,22)/b7-4+. The zero-order valence-corrected chi connectivity index (χ0v) is 11.5. The molecule has 0 atom stereocenters. The molecule has 7 heteroatoms. The van der Waals surface area contributed by atoms with E-state index in [1.807, 2.05) is 0 Å². The van der Waals surface area contributed by atoms with E-state index >= 15 is 0 Å². The Kier molecular flexibility index (Phi) is 4.68. The number of carbonyl (C=O) groups is 1. The van der Waals surface area contributed by atoms with Gasteiger partial charge in [0.2, 0.25) is 0 Å². The van der Waals surface area contributed by atoms with Crippen LogP contribution in [0, 0.1) is 5.82 Å². The number of hydrogen-bond acceptors (Lipinski definition) is 2. The minimum Gasteiger partial charge on any atom is -0.478 e. The molecule has 0 aromatic heterocycles. The Labute approximate surface area is 128 Å². The molecule has 0 bridgehead atoms. The topological polar surface area (TPSA) is 46.5 Å². The third-order valence-corrected chi connectivity index (χ3v) is 2.80. The average molecular weight is 326 g/mol. The maximum atomic E-state index is 13.3. The molecule has 3 nitrogen and oxygen atoms in total. The van der Waals surface area contributed by atoms with Gasteiger partial charge in [0.15, 0.2) is 0 Å². The van der Waals surface area contributed by atoms with Crippen molar-refractivity contribution in [3.63, 3.8) is 0 Å². The highest BCUT2D eigenvalue weighted by Gasteiger charge is 2.31. The number of aliphatic carboxylic acids is 1. The monoisotopic (exact) mass is 326 g/mol. The number of ether oxygens (including phenoxy) is 1. The molecule has 0 fully saturated rings. The summed E-state index contributed by atoms with van der Waals surface area (Å²) in [6.07, 6.45) is -2.85. The second kappa shape index (κ2) is 6.51. The van der Waals surface area contributed by atoms with Gasteiger partial charge in [-0.2, -0.15) is 0 Å². The summed E-state index contributed by atoms with van der Waals surface area (Å²) in [7, 11) is 0. The van der Waals surface area contributed by atoms with Gasteiger partial charge >= 0.3 is 12.3 Å². The maximum Gasteiger partial charge on any atom is 0.573 e. The predicted molar refractivity (Wildman–Crippen MR) is 75.2 cm³/mol. The lowest BCUT2D eigenvalue weighted by atomic mass is 9.99. The molecule has 0 heterocycles. The van der Waals surface area contributed by atoms with E-state index in [0.717, 1.165) is 36.4 Å². The third kappa shape index (κ3) is 4.84. The average Bonchev–Trinajstić information content (AvgIpc) is 2.43. The molecule has 2 aromatic carbocycles. The van der Waals surface area contributed by atoms with Gasteiger partial charge in [0.05, 0.1) is 0 Å². The Hall–Kier alpha value is -2.83. The molecule has 120 valence electrons. The highest BCUT2D eigenvalue weighted by molar-refractivity contribution is 5.88. The molecule has 0 unspecified atom stereocenters. The largest absolute Gasteiger partial charge is 0.573 e. The number of hydrogen-bond donors (Lipinski definition) is 1. The lowest BCUT2D eigenvalue weighted by molar-refractivity contribution is -0.274. The van der Waals surface area contributed by atoms with Crippen LogP contribution in [0.5, 0.6) is 5.75 Å². The Morgan fingerprint density at radius 3 is 2.52 bits per heavy atom. The van der Waals surface area contributed by atoms with Crippen molar-refractivity contribution in [2.75, 3.05) is 0 Å². The van der Waals surface area contributed by atoms with Crippen molar-refractivity contribution in [3.05, 3.63) is 59.9 Å². The van der Waals surface area contributed by atoms with Crippen LogP contribution >= 0.6 is 0 Å². The van der Waals surface area contributed by atoms with Gasteiger partial charge < -0.3 is 9.84 Å². The first kappa shape index (κ1) is 16.5. The fraction of sp³-hybridized carbons (Fsp3) is 0.0625. The van der Waals surface area contributed by atoms with Crippen LogP contribution in [0.1, 0.15) is 5.56 Å². The van der Waals surface area contributed by atoms with Gasteiger partial charge in [0.1, 0.15) is 11.6 Å². The lowest BCUT2D eigenvalue weighted by Crippen LogP contribution is -2.17. The predicted octanol–water partition coefficient (Wildman–Crippen LogP) is 4.49. The zero-order chi connectivity index (χ0) is 17.0. The van der Waals surface area contributed by atoms with E-state index in [9.17, 15) is 22.4 Å². The highest BCUT2D eigenvalue weighted by atomic mass is 19.4. The second-order valence-electron chi connectivity index (χ2n) is 4.48. The maximum absolute atomic E-state index is 13.3. The van der Waals surface area contributed by atoms with E-state index < -0.39 is 23.9 Å². The summed E-state index contributed by atoms with van der Waals surface area (Å²) >= 11 is 0. The molecule has 0 saturated heterocycles. The number of alkyl halides is 3. The number of carboxylic acid groups (broad SMARTS) is 1. The number of carboxylic acids is 1. The van der Waals surface area contributed by atoms with Crippen LogP contribution < -0.4 is 4.74 Å². The van der Waals surface area contributed by atoms with Gasteiger partial charge in [-0.3, -0.25) is 0 Å². The molecule has 0 saturated carbocycles. The fourth-order valence-electron chi connectivity index (χ4n) is 1.96. The molecule has 2 aromatic rings. The molecule has 0 radical (unpaired) electrons. The first-order valence-corrected chi connectivity index (χ1v) is 6.31. The van der Waals surface area contributed by atoms with Gasteiger partial charge in [-0.1, -0.05) is 18.2 Å². The number of halogens is 4. The quantitative estimate of drug-likeness (QED) is 0.665. The van der Waals surface area contributed by atoms with E-state index in [0.29, 0.717) is 11.1 Å². The Bertz CT molecular complexity index is 751. The van der Waals surface area contributed by atoms with Crippen LogP contribution in [0.25, 0.3) is 17.2 Å². The summed E-state index contributed by atoms with van der Waals surface area (Å²) in [5.41, 5.74) is 0.921. The summed E-state index contributed by atoms with van der Waals surface area (Å²) in [6, 6.07) is 8.70. The van der Waals surface area contributed by atoms with E-state index in [2.05, 4.69) is 4.74 Å². The van der Waals surface area contributed by atoms with Crippen LogP contribution in [0.15, 0.2) is 48.5 Å². The SMILES string of the molecule is O=C(O)/C=C/c1cc(F)ccc1-c1cccc(OC(F)(F)F)c1. The van der Waals surface area contributed by atoms with Crippen molar-refractivity contribution in [1.29, 1.82) is 0 Å². The molecule has 0 amide bonds. The molecular formula is C16H10F4O3. The van der Waals surface area contributed by atoms with Crippen molar-refractivity contribution in [2.45, 2.75) is 6.36 Å². The van der Waals surface area contributed by atoms with Gasteiger partial charge in [0, 0.05) is 6.08 Å². The van der Waals surface area contributed by atoms with Crippen LogP contribution in [0.2, 0.25) is 0 Å². The van der Waals surface area contributed by atoms with Crippen LogP contribution in [-0.2, 0) is 4.79 Å². The van der Waals surface area contributed by atoms with Crippen molar-refractivity contribution in [2.24, 2.45) is 0 Å². The van der Waals surface area contributed by atoms with Gasteiger partial charge in [0.25, 0.3) is 0 Å². The van der Waals surface area contributed by atoms with Gasteiger partial charge in [-0.25, -0.2) is 9.18 Å². The first-order valence-electron chi connectivity index (χ1n) is 6.31. The number of benzene rings is 2. The fourth-order valence-corrected chi connectivity index (χ4v) is 1.96. The van der Waals surface area contributed by atoms with Crippen molar-refractivity contribution in [3.8, 4) is 16.9 Å². The summed E-state index contributed by atoms with van der Waals surface area (Å²) in [6.45, 7) is 0. The van der Waals surface area contributed by atoms with Crippen molar-refractivity contribution < 1.29 is 32.2 Å². The molecular weight excluding hydrogens is 316 g/mol. The third-order valence-electron chi connectivity index (χ3n) is 2.80. The smallest absolute Gasteiger partial charge is 0.478 e. The summed E-state index contributed by atoms with van der Waals surface area (Å²) < 4.78 is 54.0. The molecule has 1 N–H and O–H groups in total. The van der Waals surface area contributed by atoms with E-state index in [4.69, 9.17) is 5.11 Å². The molecule has 0 aliphatic carbocycles. The normalized spacial score (nSPS) is 11.7. The summed E-state index contributed by atoms with van der Waals surface area (Å²) in [5, 5.41) is 8.65. The molecule has 0 spiro atoms. The zero-order valence-electron chi connectivity index (χ0n) is 11.5. The first-order chi connectivity index (χ1) is 10.7. The molecule has 0 aliphatic rings. The Morgan fingerprint density at radius 2 is 1.87 bits per heavy atom. The minimum atomic E-state index is -4.83. The molecule has 0 aliphatic heterocycles. The molecule has 23 heavy (non-hydrogen) atoms. The summed E-state index contributed by atoms with van der Waals surface area (Å²) in [4.78, 5) is 10.6.